The molecule has 4 aromatic rings. The average molecular weight is 326 g/mol. The van der Waals surface area contributed by atoms with E-state index in [-0.39, 0.29) is 0 Å². The van der Waals surface area contributed by atoms with Gasteiger partial charge >= 0.3 is 0 Å². The largest absolute Gasteiger partial charge is 0.356 e. The second-order valence-electron chi connectivity index (χ2n) is 6.60. The molecule has 0 fully saturated rings. The van der Waals surface area contributed by atoms with Gasteiger partial charge in [-0.3, -0.25) is 4.90 Å². The van der Waals surface area contributed by atoms with Crippen LogP contribution in [-0.4, -0.2) is 10.1 Å². The molecule has 1 aliphatic heterocycles. The van der Waals surface area contributed by atoms with Crippen LogP contribution in [0.15, 0.2) is 77.3 Å². The van der Waals surface area contributed by atoms with Gasteiger partial charge in [0.15, 0.2) is 5.58 Å². The van der Waals surface area contributed by atoms with Gasteiger partial charge in [0.25, 0.3) is 0 Å². The first-order valence-electron chi connectivity index (χ1n) is 8.60. The summed E-state index contributed by atoms with van der Waals surface area (Å²) in [4.78, 5) is 2.48. The van der Waals surface area contributed by atoms with Crippen LogP contribution in [-0.2, 0) is 19.6 Å². The fourth-order valence-corrected chi connectivity index (χ4v) is 3.73. The molecule has 0 saturated carbocycles. The van der Waals surface area contributed by atoms with Crippen molar-refractivity contribution in [3.8, 4) is 11.3 Å². The van der Waals surface area contributed by atoms with E-state index in [1.165, 1.54) is 16.7 Å². The summed E-state index contributed by atoms with van der Waals surface area (Å²) in [5.41, 5.74) is 7.08. The Hall–Kier alpha value is -2.91. The van der Waals surface area contributed by atoms with Crippen molar-refractivity contribution < 1.29 is 4.52 Å². The Kier molecular flexibility index (Phi) is 3.39. The molecule has 0 aliphatic carbocycles. The fraction of sp³-hybridized carbons (Fsp3) is 0.136. The van der Waals surface area contributed by atoms with Crippen LogP contribution in [0.3, 0.4) is 0 Å². The molecule has 3 nitrogen and oxygen atoms in total. The number of hydrogen-bond donors (Lipinski definition) is 0. The van der Waals surface area contributed by atoms with Gasteiger partial charge in [0.1, 0.15) is 5.69 Å². The number of para-hydroxylation sites is 1. The van der Waals surface area contributed by atoms with Gasteiger partial charge in [-0.1, -0.05) is 65.8 Å². The Bertz CT molecular complexity index is 1030. The monoisotopic (exact) mass is 326 g/mol. The Morgan fingerprint density at radius 3 is 2.32 bits per heavy atom. The second kappa shape index (κ2) is 5.87. The molecule has 0 radical (unpaired) electrons. The third kappa shape index (κ3) is 2.53. The molecule has 1 aromatic heterocycles. The van der Waals surface area contributed by atoms with E-state index in [4.69, 9.17) is 4.52 Å². The normalized spacial score (nSPS) is 14.1. The molecule has 0 atom stereocenters. The molecule has 0 saturated heterocycles. The quantitative estimate of drug-likeness (QED) is 0.530. The Morgan fingerprint density at radius 2 is 1.48 bits per heavy atom. The van der Waals surface area contributed by atoms with E-state index in [9.17, 15) is 0 Å². The van der Waals surface area contributed by atoms with Crippen LogP contribution in [0, 0.1) is 0 Å². The maximum absolute atomic E-state index is 5.52. The first-order chi connectivity index (χ1) is 12.4. The summed E-state index contributed by atoms with van der Waals surface area (Å²) >= 11 is 0. The van der Waals surface area contributed by atoms with Crippen molar-refractivity contribution in [1.82, 2.24) is 10.1 Å². The molecule has 0 spiro atoms. The van der Waals surface area contributed by atoms with Crippen molar-refractivity contribution in [2.45, 2.75) is 19.6 Å². The van der Waals surface area contributed by atoms with Crippen LogP contribution in [0.5, 0.6) is 0 Å². The lowest BCUT2D eigenvalue weighted by Gasteiger charge is -2.17. The molecule has 0 unspecified atom stereocenters. The lowest BCUT2D eigenvalue weighted by molar-refractivity contribution is 0.276. The summed E-state index contributed by atoms with van der Waals surface area (Å²) in [5.74, 6) is 0. The lowest BCUT2D eigenvalue weighted by atomic mass is 10.0. The van der Waals surface area contributed by atoms with Crippen molar-refractivity contribution in [2.24, 2.45) is 0 Å². The first kappa shape index (κ1) is 14.4. The minimum absolute atomic E-state index is 0.834. The van der Waals surface area contributed by atoms with E-state index in [0.717, 1.165) is 41.9 Å². The number of hydrogen-bond acceptors (Lipinski definition) is 3. The summed E-state index contributed by atoms with van der Waals surface area (Å²) in [7, 11) is 0. The van der Waals surface area contributed by atoms with E-state index in [1.54, 1.807) is 0 Å². The SMILES string of the molecule is c1ccc2c(c1)CN(Cc1ccccc1-c1noc3ccccc13)C2. The minimum Gasteiger partial charge on any atom is -0.356 e. The summed E-state index contributed by atoms with van der Waals surface area (Å²) in [6, 6.07) is 25.3. The molecule has 0 amide bonds. The lowest BCUT2D eigenvalue weighted by Crippen LogP contribution is -2.16. The molecule has 3 heteroatoms. The number of rotatable bonds is 3. The Morgan fingerprint density at radius 1 is 0.800 bits per heavy atom. The van der Waals surface area contributed by atoms with Gasteiger partial charge in [0.2, 0.25) is 0 Å². The molecule has 3 aromatic carbocycles. The molecular formula is C22H18N2O. The zero-order valence-corrected chi connectivity index (χ0v) is 13.9. The maximum atomic E-state index is 5.52. The van der Waals surface area contributed by atoms with Gasteiger partial charge in [-0.15, -0.1) is 0 Å². The van der Waals surface area contributed by atoms with Crippen molar-refractivity contribution >= 4 is 11.0 Å². The highest BCUT2D eigenvalue weighted by Gasteiger charge is 2.20. The van der Waals surface area contributed by atoms with Crippen molar-refractivity contribution in [3.05, 3.63) is 89.5 Å². The third-order valence-electron chi connectivity index (χ3n) is 4.95. The molecular weight excluding hydrogens is 308 g/mol. The fourth-order valence-electron chi connectivity index (χ4n) is 3.73. The molecule has 5 rings (SSSR count). The van der Waals surface area contributed by atoms with Crippen LogP contribution in [0.2, 0.25) is 0 Å². The summed E-state index contributed by atoms with van der Waals surface area (Å²) in [6.45, 7) is 2.92. The molecule has 0 N–H and O–H groups in total. The van der Waals surface area contributed by atoms with Gasteiger partial charge < -0.3 is 4.52 Å². The standard InChI is InChI=1S/C22H18N2O/c1-2-8-17-14-24(13-16(17)7-1)15-18-9-3-4-10-19(18)22-20-11-5-6-12-21(20)25-23-22/h1-12H,13-15H2. The summed E-state index contributed by atoms with van der Waals surface area (Å²) < 4.78 is 5.52. The van der Waals surface area contributed by atoms with Gasteiger partial charge in [-0.05, 0) is 28.8 Å². The minimum atomic E-state index is 0.834. The zero-order valence-electron chi connectivity index (χ0n) is 13.9. The van der Waals surface area contributed by atoms with E-state index in [2.05, 4.69) is 64.7 Å². The smallest absolute Gasteiger partial charge is 0.167 e. The predicted molar refractivity (Wildman–Crippen MR) is 98.8 cm³/mol. The van der Waals surface area contributed by atoms with Gasteiger partial charge in [0.05, 0.1) is 0 Å². The highest BCUT2D eigenvalue weighted by atomic mass is 16.5. The van der Waals surface area contributed by atoms with Crippen LogP contribution in [0.25, 0.3) is 22.2 Å². The number of nitrogens with zero attached hydrogens (tertiary/aromatic N) is 2. The van der Waals surface area contributed by atoms with E-state index in [0.29, 0.717) is 0 Å². The van der Waals surface area contributed by atoms with Crippen molar-refractivity contribution in [2.75, 3.05) is 0 Å². The van der Waals surface area contributed by atoms with E-state index >= 15 is 0 Å². The van der Waals surface area contributed by atoms with Gasteiger partial charge in [-0.25, -0.2) is 0 Å². The highest BCUT2D eigenvalue weighted by molar-refractivity contribution is 5.92. The molecule has 1 aliphatic rings. The average Bonchev–Trinajstić information content (AvgIpc) is 3.25. The van der Waals surface area contributed by atoms with Crippen LogP contribution in [0.1, 0.15) is 16.7 Å². The summed E-state index contributed by atoms with van der Waals surface area (Å²) in [5, 5.41) is 5.42. The second-order valence-corrected chi connectivity index (χ2v) is 6.60. The maximum Gasteiger partial charge on any atom is 0.167 e. The predicted octanol–water partition coefficient (Wildman–Crippen LogP) is 5.01. The van der Waals surface area contributed by atoms with E-state index < -0.39 is 0 Å². The van der Waals surface area contributed by atoms with Crippen molar-refractivity contribution in [3.63, 3.8) is 0 Å². The topological polar surface area (TPSA) is 29.3 Å². The molecule has 25 heavy (non-hydrogen) atoms. The van der Waals surface area contributed by atoms with Gasteiger partial charge in [0, 0.05) is 30.6 Å². The number of aromatic nitrogens is 1. The number of fused-ring (bicyclic) bond motifs is 2. The molecule has 0 bridgehead atoms. The van der Waals surface area contributed by atoms with Crippen LogP contribution in [0.4, 0.5) is 0 Å². The van der Waals surface area contributed by atoms with Crippen LogP contribution < -0.4 is 0 Å². The number of benzene rings is 3. The van der Waals surface area contributed by atoms with Crippen molar-refractivity contribution in [1.29, 1.82) is 0 Å². The van der Waals surface area contributed by atoms with E-state index in [1.807, 2.05) is 18.2 Å². The first-order valence-corrected chi connectivity index (χ1v) is 8.60. The Labute approximate surface area is 146 Å². The van der Waals surface area contributed by atoms with Gasteiger partial charge in [-0.2, -0.15) is 0 Å². The zero-order chi connectivity index (χ0) is 16.6. The molecule has 122 valence electrons. The third-order valence-corrected chi connectivity index (χ3v) is 4.95. The van der Waals surface area contributed by atoms with Crippen LogP contribution >= 0.6 is 0 Å². The molecule has 2 heterocycles. The highest BCUT2D eigenvalue weighted by Crippen LogP contribution is 2.32. The Balaban J connectivity index is 1.50. The summed E-state index contributed by atoms with van der Waals surface area (Å²) in [6.07, 6.45) is 0.